The lowest BCUT2D eigenvalue weighted by Crippen LogP contribution is -2.50. The molecule has 0 fully saturated rings. The summed E-state index contributed by atoms with van der Waals surface area (Å²) in [5.74, 6) is -5.89. The number of ether oxygens (including phenoxy) is 1. The number of anilines is 1. The number of alkyl halides is 2. The fourth-order valence-electron chi connectivity index (χ4n) is 4.01. The van der Waals surface area contributed by atoms with E-state index < -0.39 is 53.1 Å². The third kappa shape index (κ3) is 4.14. The molecule has 4 heterocycles. The lowest BCUT2D eigenvalue weighted by Gasteiger charge is -2.33. The van der Waals surface area contributed by atoms with Gasteiger partial charge in [0.25, 0.3) is 0 Å². The van der Waals surface area contributed by atoms with Crippen LogP contribution in [0.15, 0.2) is 36.8 Å². The van der Waals surface area contributed by atoms with Crippen molar-refractivity contribution in [2.45, 2.75) is 39.0 Å². The number of rotatable bonds is 4. The zero-order valence-electron chi connectivity index (χ0n) is 19.6. The van der Waals surface area contributed by atoms with E-state index in [2.05, 4.69) is 19.7 Å². The number of amides is 1. The number of hydrogen-bond donors (Lipinski definition) is 1. The quantitative estimate of drug-likeness (QED) is 0.405. The molecule has 1 aliphatic heterocycles. The molecule has 0 saturated carbocycles. The SMILES string of the molecule is Cc1nc2cc(F)c(-c3cnc(C(C)(C)O)nc3)cn2c1CN1C(=O)C(F)(F)Oc2c(F)cc(F)cc21. The Kier molecular flexibility index (Phi) is 5.44. The Bertz CT molecular complexity index is 1560. The Morgan fingerprint density at radius 1 is 1.08 bits per heavy atom. The zero-order chi connectivity index (χ0) is 26.9. The maximum Gasteiger partial charge on any atom is 0.483 e. The highest BCUT2D eigenvalue weighted by molar-refractivity contribution is 6.00. The fourth-order valence-corrected chi connectivity index (χ4v) is 4.01. The van der Waals surface area contributed by atoms with Gasteiger partial charge in [-0.1, -0.05) is 0 Å². The van der Waals surface area contributed by atoms with E-state index >= 15 is 0 Å². The molecule has 8 nitrogen and oxygen atoms in total. The first-order valence-corrected chi connectivity index (χ1v) is 10.9. The van der Waals surface area contributed by atoms with Gasteiger partial charge in [-0.3, -0.25) is 9.69 Å². The maximum absolute atomic E-state index is 15.0. The van der Waals surface area contributed by atoms with Crippen LogP contribution in [0.3, 0.4) is 0 Å². The minimum absolute atomic E-state index is 0.0181. The van der Waals surface area contributed by atoms with E-state index in [0.717, 1.165) is 6.07 Å². The molecule has 1 N–H and O–H groups in total. The summed E-state index contributed by atoms with van der Waals surface area (Å²) >= 11 is 0. The third-order valence-corrected chi connectivity index (χ3v) is 5.83. The second kappa shape index (κ2) is 8.20. The number of imidazole rings is 1. The van der Waals surface area contributed by atoms with E-state index in [1.54, 1.807) is 0 Å². The number of aromatic nitrogens is 4. The van der Waals surface area contributed by atoms with E-state index in [9.17, 15) is 31.9 Å². The predicted octanol–water partition coefficient (Wildman–Crippen LogP) is 4.26. The Morgan fingerprint density at radius 3 is 2.41 bits per heavy atom. The van der Waals surface area contributed by atoms with Crippen LogP contribution in [0.1, 0.15) is 31.1 Å². The number of halogens is 5. The van der Waals surface area contributed by atoms with Crippen molar-refractivity contribution in [2.75, 3.05) is 4.90 Å². The summed E-state index contributed by atoms with van der Waals surface area (Å²) in [4.78, 5) is 25.4. The van der Waals surface area contributed by atoms with E-state index in [0.29, 0.717) is 17.0 Å². The molecule has 0 unspecified atom stereocenters. The average molecular weight is 519 g/mol. The number of aryl methyl sites for hydroxylation is 1. The van der Waals surface area contributed by atoms with Gasteiger partial charge in [-0.15, -0.1) is 0 Å². The van der Waals surface area contributed by atoms with Crippen LogP contribution in [0.25, 0.3) is 16.8 Å². The normalized spacial score (nSPS) is 15.2. The highest BCUT2D eigenvalue weighted by atomic mass is 19.3. The van der Waals surface area contributed by atoms with Crippen LogP contribution in [-0.4, -0.2) is 36.5 Å². The number of carbonyl (C=O) groups is 1. The molecular weight excluding hydrogens is 501 g/mol. The van der Waals surface area contributed by atoms with Crippen LogP contribution in [0, 0.1) is 24.4 Å². The van der Waals surface area contributed by atoms with Crippen molar-refractivity contribution in [1.29, 1.82) is 0 Å². The summed E-state index contributed by atoms with van der Waals surface area (Å²) in [6.45, 7) is 3.90. The van der Waals surface area contributed by atoms with Gasteiger partial charge in [0.1, 0.15) is 22.9 Å². The summed E-state index contributed by atoms with van der Waals surface area (Å²) in [6.07, 6.45) is -0.473. The van der Waals surface area contributed by atoms with Crippen LogP contribution in [-0.2, 0) is 16.9 Å². The van der Waals surface area contributed by atoms with Crippen molar-refractivity contribution >= 4 is 17.2 Å². The lowest BCUT2D eigenvalue weighted by molar-refractivity contribution is -0.193. The summed E-state index contributed by atoms with van der Waals surface area (Å²) < 4.78 is 77.4. The number of carbonyl (C=O) groups excluding carboxylic acids is 1. The van der Waals surface area contributed by atoms with Gasteiger partial charge in [0.2, 0.25) is 0 Å². The molecular formula is C24H18F5N5O3. The molecule has 1 amide bonds. The second-order valence-corrected chi connectivity index (χ2v) is 9.01. The number of fused-ring (bicyclic) bond motifs is 2. The van der Waals surface area contributed by atoms with Gasteiger partial charge < -0.3 is 14.2 Å². The molecule has 0 saturated heterocycles. The lowest BCUT2D eigenvalue weighted by atomic mass is 10.1. The van der Waals surface area contributed by atoms with Crippen LogP contribution in [0.2, 0.25) is 0 Å². The molecule has 0 radical (unpaired) electrons. The first-order chi connectivity index (χ1) is 17.3. The first-order valence-electron chi connectivity index (χ1n) is 10.9. The molecule has 3 aromatic heterocycles. The van der Waals surface area contributed by atoms with Crippen molar-refractivity contribution in [1.82, 2.24) is 19.4 Å². The Balaban J connectivity index is 1.62. The molecule has 5 rings (SSSR count). The number of pyridine rings is 1. The van der Waals surface area contributed by atoms with E-state index in [4.69, 9.17) is 0 Å². The Morgan fingerprint density at radius 2 is 1.76 bits per heavy atom. The van der Waals surface area contributed by atoms with Crippen LogP contribution < -0.4 is 9.64 Å². The smallest absolute Gasteiger partial charge is 0.420 e. The molecule has 1 aromatic carbocycles. The highest BCUT2D eigenvalue weighted by Gasteiger charge is 2.52. The molecule has 37 heavy (non-hydrogen) atoms. The van der Waals surface area contributed by atoms with Gasteiger partial charge in [0.15, 0.2) is 17.4 Å². The molecule has 13 heteroatoms. The highest BCUT2D eigenvalue weighted by Crippen LogP contribution is 2.42. The minimum Gasteiger partial charge on any atom is -0.420 e. The summed E-state index contributed by atoms with van der Waals surface area (Å²) in [5, 5.41) is 10.1. The van der Waals surface area contributed by atoms with Crippen molar-refractivity contribution in [2.24, 2.45) is 0 Å². The topological polar surface area (TPSA) is 92.9 Å². The summed E-state index contributed by atoms with van der Waals surface area (Å²) in [6, 6.07) is 2.16. The Hall–Kier alpha value is -4.13. The number of benzene rings is 1. The molecule has 0 spiro atoms. The number of hydrogen-bond acceptors (Lipinski definition) is 6. The molecule has 0 aliphatic carbocycles. The Labute approximate surface area is 206 Å². The standard InChI is InChI=1S/C24H18F5N5O3/c1-11-18(10-34-17-5-13(25)4-16(27)20(17)37-24(28,29)22(34)35)33-9-14(15(26)6-19(33)32-11)12-7-30-21(31-8-12)23(2,3)36/h4-9,36H,10H2,1-3H3. The summed E-state index contributed by atoms with van der Waals surface area (Å²) in [5.41, 5.74) is -1.06. The van der Waals surface area contributed by atoms with Crippen LogP contribution in [0.4, 0.5) is 27.6 Å². The van der Waals surface area contributed by atoms with E-state index in [-0.39, 0.29) is 34.0 Å². The number of nitrogens with zero attached hydrogens (tertiary/aromatic N) is 5. The molecule has 0 atom stereocenters. The van der Waals surface area contributed by atoms with Gasteiger partial charge in [-0.25, -0.2) is 28.1 Å². The van der Waals surface area contributed by atoms with Gasteiger partial charge in [0, 0.05) is 47.9 Å². The monoisotopic (exact) mass is 519 g/mol. The van der Waals surface area contributed by atoms with Crippen molar-refractivity contribution in [3.05, 3.63) is 71.5 Å². The predicted molar refractivity (Wildman–Crippen MR) is 119 cm³/mol. The van der Waals surface area contributed by atoms with Crippen molar-refractivity contribution in [3.63, 3.8) is 0 Å². The van der Waals surface area contributed by atoms with Gasteiger partial charge in [-0.05, 0) is 20.8 Å². The summed E-state index contributed by atoms with van der Waals surface area (Å²) in [7, 11) is 0. The van der Waals surface area contributed by atoms with Crippen molar-refractivity contribution in [3.8, 4) is 16.9 Å². The third-order valence-electron chi connectivity index (χ3n) is 5.83. The zero-order valence-corrected chi connectivity index (χ0v) is 19.6. The minimum atomic E-state index is -4.41. The van der Waals surface area contributed by atoms with E-state index in [1.807, 2.05) is 0 Å². The van der Waals surface area contributed by atoms with Gasteiger partial charge in [0.05, 0.1) is 23.6 Å². The van der Waals surface area contributed by atoms with Crippen LogP contribution in [0.5, 0.6) is 5.75 Å². The molecule has 192 valence electrons. The van der Waals surface area contributed by atoms with Crippen LogP contribution >= 0.6 is 0 Å². The average Bonchev–Trinajstić information content (AvgIpc) is 3.10. The largest absolute Gasteiger partial charge is 0.483 e. The first kappa shape index (κ1) is 24.6. The van der Waals surface area contributed by atoms with Crippen molar-refractivity contribution < 1.29 is 36.6 Å². The second-order valence-electron chi connectivity index (χ2n) is 9.01. The molecule has 4 aromatic rings. The fraction of sp³-hybridized carbons (Fsp3) is 0.250. The number of aliphatic hydroxyl groups is 1. The molecule has 0 bridgehead atoms. The van der Waals surface area contributed by atoms with E-state index in [1.165, 1.54) is 43.8 Å². The van der Waals surface area contributed by atoms with Gasteiger partial charge in [-0.2, -0.15) is 8.78 Å². The maximum atomic E-state index is 15.0. The van der Waals surface area contributed by atoms with Gasteiger partial charge >= 0.3 is 12.0 Å². The molecule has 1 aliphatic rings.